The van der Waals surface area contributed by atoms with E-state index in [0.717, 1.165) is 48.0 Å². The Balaban J connectivity index is 1.40. The van der Waals surface area contributed by atoms with Crippen LogP contribution in [0.4, 0.5) is 0 Å². The largest absolute Gasteiger partial charge is 0.497 e. The molecule has 1 saturated heterocycles. The Kier molecular flexibility index (Phi) is 4.70. The van der Waals surface area contributed by atoms with Gasteiger partial charge in [-0.2, -0.15) is 5.10 Å². The lowest BCUT2D eigenvalue weighted by Gasteiger charge is -2.22. The zero-order valence-corrected chi connectivity index (χ0v) is 15.2. The van der Waals surface area contributed by atoms with E-state index < -0.39 is 0 Å². The highest BCUT2D eigenvalue weighted by Crippen LogP contribution is 2.31. The van der Waals surface area contributed by atoms with Crippen LogP contribution in [0, 0.1) is 12.8 Å². The normalized spacial score (nSPS) is 22.7. The first-order valence-corrected chi connectivity index (χ1v) is 9.02. The standard InChI is InChI=1S/C20H25N3O3/c1-13-5-17(22-21-13)7-16-10-23(11-19(16)24)9-14-6-15-8-18(25-2)3-4-20(15)26-12-14/h3-6,8,16,19,24H,7,9-12H2,1-2H3,(H,21,22)/t16-,19-/m1/s1. The van der Waals surface area contributed by atoms with E-state index in [1.165, 1.54) is 5.57 Å². The molecule has 0 radical (unpaired) electrons. The minimum absolute atomic E-state index is 0.218. The van der Waals surface area contributed by atoms with Crippen LogP contribution in [0.1, 0.15) is 17.0 Å². The van der Waals surface area contributed by atoms with Gasteiger partial charge >= 0.3 is 0 Å². The molecule has 0 amide bonds. The van der Waals surface area contributed by atoms with Gasteiger partial charge in [0.1, 0.15) is 18.1 Å². The van der Waals surface area contributed by atoms with Gasteiger partial charge in [-0.25, -0.2) is 0 Å². The van der Waals surface area contributed by atoms with E-state index in [1.54, 1.807) is 7.11 Å². The Morgan fingerprint density at radius 3 is 3.00 bits per heavy atom. The lowest BCUT2D eigenvalue weighted by molar-refractivity contribution is 0.141. The number of β-amino-alcohol motifs (C(OH)–C–C–N with tert-alkyl or cyclic N) is 1. The topological polar surface area (TPSA) is 70.6 Å². The van der Waals surface area contributed by atoms with Gasteiger partial charge in [-0.3, -0.25) is 10.00 Å². The van der Waals surface area contributed by atoms with E-state index >= 15 is 0 Å². The van der Waals surface area contributed by atoms with Gasteiger partial charge in [-0.05, 0) is 49.3 Å². The number of aromatic nitrogens is 2. The molecule has 0 saturated carbocycles. The molecule has 3 heterocycles. The van der Waals surface area contributed by atoms with Crippen molar-refractivity contribution >= 4 is 6.08 Å². The van der Waals surface area contributed by atoms with Gasteiger partial charge in [-0.1, -0.05) is 0 Å². The van der Waals surface area contributed by atoms with Crippen LogP contribution in [0.2, 0.25) is 0 Å². The number of H-pyrrole nitrogens is 1. The second-order valence-corrected chi connectivity index (χ2v) is 7.26. The highest BCUT2D eigenvalue weighted by Gasteiger charge is 2.32. The summed E-state index contributed by atoms with van der Waals surface area (Å²) in [5, 5.41) is 17.7. The van der Waals surface area contributed by atoms with Gasteiger partial charge < -0.3 is 14.6 Å². The molecule has 4 rings (SSSR count). The van der Waals surface area contributed by atoms with Gasteiger partial charge in [-0.15, -0.1) is 0 Å². The molecule has 0 unspecified atom stereocenters. The van der Waals surface area contributed by atoms with Crippen molar-refractivity contribution in [3.8, 4) is 11.5 Å². The van der Waals surface area contributed by atoms with Gasteiger partial charge in [0.2, 0.25) is 0 Å². The van der Waals surface area contributed by atoms with Crippen LogP contribution in [-0.2, 0) is 6.42 Å². The predicted molar refractivity (Wildman–Crippen MR) is 99.4 cm³/mol. The van der Waals surface area contributed by atoms with Gasteiger partial charge in [0.15, 0.2) is 0 Å². The summed E-state index contributed by atoms with van der Waals surface area (Å²) in [5.41, 5.74) is 4.35. The molecule has 6 nitrogen and oxygen atoms in total. The highest BCUT2D eigenvalue weighted by atomic mass is 16.5. The molecular weight excluding hydrogens is 330 g/mol. The third kappa shape index (κ3) is 3.61. The molecule has 2 N–H and O–H groups in total. The number of hydrogen-bond donors (Lipinski definition) is 2. The number of nitrogens with one attached hydrogen (secondary N) is 1. The molecule has 26 heavy (non-hydrogen) atoms. The zero-order valence-electron chi connectivity index (χ0n) is 15.2. The molecule has 1 fully saturated rings. The van der Waals surface area contributed by atoms with Crippen LogP contribution in [0.25, 0.3) is 6.08 Å². The molecule has 6 heteroatoms. The number of fused-ring (bicyclic) bond motifs is 1. The van der Waals surface area contributed by atoms with E-state index in [0.29, 0.717) is 13.2 Å². The summed E-state index contributed by atoms with van der Waals surface area (Å²) < 4.78 is 11.2. The summed E-state index contributed by atoms with van der Waals surface area (Å²) in [4.78, 5) is 2.30. The quantitative estimate of drug-likeness (QED) is 0.859. The molecule has 1 aromatic carbocycles. The van der Waals surface area contributed by atoms with Gasteiger partial charge in [0.05, 0.1) is 18.9 Å². The van der Waals surface area contributed by atoms with E-state index in [-0.39, 0.29) is 12.0 Å². The molecule has 0 spiro atoms. The number of aliphatic hydroxyl groups excluding tert-OH is 1. The maximum Gasteiger partial charge on any atom is 0.127 e. The van der Waals surface area contributed by atoms with Crippen LogP contribution in [0.15, 0.2) is 29.8 Å². The second kappa shape index (κ2) is 7.13. The van der Waals surface area contributed by atoms with Crippen molar-refractivity contribution in [3.05, 3.63) is 46.8 Å². The first-order chi connectivity index (χ1) is 12.6. The third-order valence-electron chi connectivity index (χ3n) is 5.13. The maximum absolute atomic E-state index is 10.4. The van der Waals surface area contributed by atoms with Crippen molar-refractivity contribution in [2.75, 3.05) is 33.4 Å². The number of likely N-dealkylation sites (tertiary alicyclic amines) is 1. The number of aliphatic hydroxyl groups is 1. The fourth-order valence-electron chi connectivity index (χ4n) is 3.83. The molecule has 2 atom stereocenters. The average Bonchev–Trinajstić information content (AvgIpc) is 3.20. The SMILES string of the molecule is COc1ccc2c(c1)C=C(CN1C[C@@H](Cc3cc(C)[nH]n3)[C@H](O)C1)CO2. The zero-order chi connectivity index (χ0) is 18.1. The molecule has 0 bridgehead atoms. The smallest absolute Gasteiger partial charge is 0.127 e. The number of nitrogens with zero attached hydrogens (tertiary/aromatic N) is 2. The van der Waals surface area contributed by atoms with Crippen molar-refractivity contribution in [2.45, 2.75) is 19.4 Å². The van der Waals surface area contributed by atoms with Gasteiger partial charge in [0, 0.05) is 36.8 Å². The fourth-order valence-corrected chi connectivity index (χ4v) is 3.83. The van der Waals surface area contributed by atoms with Gasteiger partial charge in [0.25, 0.3) is 0 Å². The average molecular weight is 355 g/mol. The molecule has 2 aromatic rings. The number of methoxy groups -OCH3 is 1. The van der Waals surface area contributed by atoms with Crippen molar-refractivity contribution < 1.29 is 14.6 Å². The molecular formula is C20H25N3O3. The fraction of sp³-hybridized carbons (Fsp3) is 0.450. The Bertz CT molecular complexity index is 814. The van der Waals surface area contributed by atoms with Crippen LogP contribution < -0.4 is 9.47 Å². The highest BCUT2D eigenvalue weighted by molar-refractivity contribution is 5.64. The Morgan fingerprint density at radius 1 is 1.35 bits per heavy atom. The van der Waals surface area contributed by atoms with E-state index in [2.05, 4.69) is 27.2 Å². The van der Waals surface area contributed by atoms with Crippen LogP contribution in [0.5, 0.6) is 11.5 Å². The lowest BCUT2D eigenvalue weighted by Crippen LogP contribution is -2.27. The minimum Gasteiger partial charge on any atom is -0.497 e. The minimum atomic E-state index is -0.315. The molecule has 2 aliphatic rings. The first-order valence-electron chi connectivity index (χ1n) is 9.02. The third-order valence-corrected chi connectivity index (χ3v) is 5.13. The number of hydrogen-bond acceptors (Lipinski definition) is 5. The van der Waals surface area contributed by atoms with E-state index in [1.807, 2.05) is 25.1 Å². The van der Waals surface area contributed by atoms with E-state index in [4.69, 9.17) is 9.47 Å². The Hall–Kier alpha value is -2.31. The Morgan fingerprint density at radius 2 is 2.23 bits per heavy atom. The molecule has 1 aromatic heterocycles. The van der Waals surface area contributed by atoms with Crippen molar-refractivity contribution in [1.82, 2.24) is 15.1 Å². The summed E-state index contributed by atoms with van der Waals surface area (Å²) in [7, 11) is 1.67. The number of aromatic amines is 1. The number of aryl methyl sites for hydroxylation is 1. The first kappa shape index (κ1) is 17.1. The predicted octanol–water partition coefficient (Wildman–Crippen LogP) is 2.04. The monoisotopic (exact) mass is 355 g/mol. The summed E-state index contributed by atoms with van der Waals surface area (Å²) >= 11 is 0. The maximum atomic E-state index is 10.4. The van der Waals surface area contributed by atoms with Crippen LogP contribution in [-0.4, -0.2) is 59.7 Å². The van der Waals surface area contributed by atoms with E-state index in [9.17, 15) is 5.11 Å². The number of rotatable bonds is 5. The summed E-state index contributed by atoms with van der Waals surface area (Å²) in [6, 6.07) is 7.91. The summed E-state index contributed by atoms with van der Waals surface area (Å²) in [6.45, 7) is 4.96. The Labute approximate surface area is 153 Å². The molecule has 138 valence electrons. The van der Waals surface area contributed by atoms with Crippen molar-refractivity contribution in [3.63, 3.8) is 0 Å². The lowest BCUT2D eigenvalue weighted by atomic mass is 10.00. The number of benzene rings is 1. The van der Waals surface area contributed by atoms with Crippen LogP contribution in [0.3, 0.4) is 0 Å². The second-order valence-electron chi connectivity index (χ2n) is 7.26. The van der Waals surface area contributed by atoms with Crippen molar-refractivity contribution in [1.29, 1.82) is 0 Å². The summed E-state index contributed by atoms with van der Waals surface area (Å²) in [5.74, 6) is 1.94. The number of ether oxygens (including phenoxy) is 2. The van der Waals surface area contributed by atoms with Crippen molar-refractivity contribution in [2.24, 2.45) is 5.92 Å². The molecule has 0 aliphatic carbocycles. The van der Waals surface area contributed by atoms with Crippen LogP contribution >= 0.6 is 0 Å². The molecule has 2 aliphatic heterocycles. The summed E-state index contributed by atoms with van der Waals surface area (Å²) in [6.07, 6.45) is 2.67.